The maximum absolute atomic E-state index is 13.2. The Morgan fingerprint density at radius 1 is 1.26 bits per heavy atom. The van der Waals surface area contributed by atoms with Gasteiger partial charge in [0.2, 0.25) is 5.91 Å². The van der Waals surface area contributed by atoms with E-state index in [0.717, 1.165) is 12.0 Å². The van der Waals surface area contributed by atoms with Crippen molar-refractivity contribution in [3.63, 3.8) is 0 Å². The summed E-state index contributed by atoms with van der Waals surface area (Å²) < 4.78 is 0. The lowest BCUT2D eigenvalue weighted by atomic mass is 10.0. The summed E-state index contributed by atoms with van der Waals surface area (Å²) in [4.78, 5) is 28.2. The van der Waals surface area contributed by atoms with Crippen LogP contribution in [-0.2, 0) is 11.2 Å². The number of thiophene rings is 1. The Labute approximate surface area is 170 Å². The lowest BCUT2D eigenvalue weighted by Gasteiger charge is -2.27. The van der Waals surface area contributed by atoms with Crippen LogP contribution in [-0.4, -0.2) is 41.9 Å². The quantitative estimate of drug-likeness (QED) is 0.773. The highest BCUT2D eigenvalue weighted by molar-refractivity contribution is 7.12. The normalized spacial score (nSPS) is 20.0. The Hall–Kier alpha value is -1.89. The van der Waals surface area contributed by atoms with Crippen molar-refractivity contribution in [1.82, 2.24) is 10.2 Å². The van der Waals surface area contributed by atoms with Crippen LogP contribution in [0.15, 0.2) is 47.8 Å². The number of nitrogens with two attached hydrogens (primary N) is 1. The monoisotopic (exact) mass is 407 g/mol. The third kappa shape index (κ3) is 5.31. The van der Waals surface area contributed by atoms with Crippen LogP contribution in [0.1, 0.15) is 28.6 Å². The molecule has 27 heavy (non-hydrogen) atoms. The number of carbonyl (C=O) groups excluding carboxylic acids is 2. The number of carbonyl (C=O) groups is 2. The van der Waals surface area contributed by atoms with Gasteiger partial charge < -0.3 is 16.0 Å². The Balaban J connectivity index is 0.00000261. The number of benzene rings is 1. The first-order valence-corrected chi connectivity index (χ1v) is 9.85. The summed E-state index contributed by atoms with van der Waals surface area (Å²) in [6, 6.07) is 13.0. The second-order valence-electron chi connectivity index (χ2n) is 6.87. The molecule has 2 amide bonds. The fraction of sp³-hybridized carbons (Fsp3) is 0.400. The van der Waals surface area contributed by atoms with E-state index in [0.29, 0.717) is 30.3 Å². The van der Waals surface area contributed by atoms with Crippen molar-refractivity contribution in [1.29, 1.82) is 0 Å². The third-order valence-corrected chi connectivity index (χ3v) is 5.78. The number of likely N-dealkylation sites (tertiary alicyclic amines) is 1. The lowest BCUT2D eigenvalue weighted by Crippen LogP contribution is -2.50. The van der Waals surface area contributed by atoms with Crippen molar-refractivity contribution in [3.05, 3.63) is 58.3 Å². The van der Waals surface area contributed by atoms with Gasteiger partial charge in [0.15, 0.2) is 0 Å². The fourth-order valence-electron chi connectivity index (χ4n) is 3.51. The highest BCUT2D eigenvalue weighted by Crippen LogP contribution is 2.23. The predicted octanol–water partition coefficient (Wildman–Crippen LogP) is 2.71. The standard InChI is InChI=1S/C20H25N3O2S.ClH/c1-14-10-16(12-21)13-23(14)20(25)17(11-15-6-3-2-4-7-15)22-19(24)18-8-5-9-26-18;/h2-9,14,16-17H,10-13,21H2,1H3,(H,22,24);1H. The first kappa shape index (κ1) is 21.4. The molecule has 0 radical (unpaired) electrons. The maximum Gasteiger partial charge on any atom is 0.262 e. The van der Waals surface area contributed by atoms with E-state index < -0.39 is 6.04 Å². The second kappa shape index (κ2) is 9.88. The zero-order valence-corrected chi connectivity index (χ0v) is 17.0. The highest BCUT2D eigenvalue weighted by atomic mass is 35.5. The average molecular weight is 408 g/mol. The molecule has 3 N–H and O–H groups in total. The van der Waals surface area contributed by atoms with Gasteiger partial charge >= 0.3 is 0 Å². The largest absolute Gasteiger partial charge is 0.339 e. The van der Waals surface area contributed by atoms with Crippen LogP contribution >= 0.6 is 23.7 Å². The van der Waals surface area contributed by atoms with Gasteiger partial charge in [-0.2, -0.15) is 0 Å². The zero-order valence-electron chi connectivity index (χ0n) is 15.3. The molecule has 1 saturated heterocycles. The van der Waals surface area contributed by atoms with Crippen molar-refractivity contribution >= 4 is 35.6 Å². The molecule has 5 nitrogen and oxygen atoms in total. The molecule has 0 saturated carbocycles. The third-order valence-electron chi connectivity index (χ3n) is 4.91. The molecule has 0 spiro atoms. The zero-order chi connectivity index (χ0) is 18.5. The van der Waals surface area contributed by atoms with Gasteiger partial charge in [-0.05, 0) is 42.8 Å². The molecule has 2 aromatic rings. The van der Waals surface area contributed by atoms with Crippen LogP contribution in [0.4, 0.5) is 0 Å². The van der Waals surface area contributed by atoms with Gasteiger partial charge in [0, 0.05) is 19.0 Å². The maximum atomic E-state index is 13.2. The molecule has 3 rings (SSSR count). The lowest BCUT2D eigenvalue weighted by molar-refractivity contribution is -0.133. The smallest absolute Gasteiger partial charge is 0.262 e. The van der Waals surface area contributed by atoms with Gasteiger partial charge in [-0.25, -0.2) is 0 Å². The highest BCUT2D eigenvalue weighted by Gasteiger charge is 2.35. The molecule has 0 bridgehead atoms. The minimum absolute atomic E-state index is 0. The van der Waals surface area contributed by atoms with Crippen LogP contribution in [0, 0.1) is 5.92 Å². The summed E-state index contributed by atoms with van der Waals surface area (Å²) in [6.07, 6.45) is 1.40. The van der Waals surface area contributed by atoms with Crippen LogP contribution < -0.4 is 11.1 Å². The summed E-state index contributed by atoms with van der Waals surface area (Å²) in [6.45, 7) is 3.30. The Morgan fingerprint density at radius 3 is 2.59 bits per heavy atom. The number of hydrogen-bond donors (Lipinski definition) is 2. The van der Waals surface area contributed by atoms with Crippen LogP contribution in [0.3, 0.4) is 0 Å². The molecule has 0 aliphatic carbocycles. The number of nitrogens with one attached hydrogen (secondary N) is 1. The minimum atomic E-state index is -0.578. The van der Waals surface area contributed by atoms with Crippen molar-refractivity contribution in [2.75, 3.05) is 13.1 Å². The summed E-state index contributed by atoms with van der Waals surface area (Å²) in [7, 11) is 0. The van der Waals surface area contributed by atoms with Crippen molar-refractivity contribution in [3.8, 4) is 0 Å². The molecule has 1 aromatic heterocycles. The van der Waals surface area contributed by atoms with Gasteiger partial charge in [0.05, 0.1) is 4.88 Å². The van der Waals surface area contributed by atoms with Crippen LogP contribution in [0.5, 0.6) is 0 Å². The Morgan fingerprint density at radius 2 is 2.00 bits per heavy atom. The Bertz CT molecular complexity index is 739. The summed E-state index contributed by atoms with van der Waals surface area (Å²) in [5.41, 5.74) is 6.82. The molecule has 7 heteroatoms. The van der Waals surface area contributed by atoms with E-state index in [1.54, 1.807) is 6.07 Å². The van der Waals surface area contributed by atoms with Gasteiger partial charge in [0.1, 0.15) is 6.04 Å². The van der Waals surface area contributed by atoms with Gasteiger partial charge in [-0.3, -0.25) is 9.59 Å². The molecule has 3 atom stereocenters. The van der Waals surface area contributed by atoms with Crippen molar-refractivity contribution < 1.29 is 9.59 Å². The van der Waals surface area contributed by atoms with E-state index in [4.69, 9.17) is 5.73 Å². The average Bonchev–Trinajstić information content (AvgIpc) is 3.31. The molecule has 1 fully saturated rings. The number of halogens is 1. The number of nitrogens with zero attached hydrogens (tertiary/aromatic N) is 1. The second-order valence-corrected chi connectivity index (χ2v) is 7.82. The number of amides is 2. The molecule has 3 unspecified atom stereocenters. The topological polar surface area (TPSA) is 75.4 Å². The predicted molar refractivity (Wildman–Crippen MR) is 111 cm³/mol. The SMILES string of the molecule is CC1CC(CN)CN1C(=O)C(Cc1ccccc1)NC(=O)c1cccs1.Cl. The van der Waals surface area contributed by atoms with E-state index in [1.807, 2.05) is 53.6 Å². The van der Waals surface area contributed by atoms with Gasteiger partial charge in [-0.1, -0.05) is 36.4 Å². The number of hydrogen-bond acceptors (Lipinski definition) is 4. The van der Waals surface area contributed by atoms with Gasteiger partial charge in [0.25, 0.3) is 5.91 Å². The van der Waals surface area contributed by atoms with Gasteiger partial charge in [-0.15, -0.1) is 23.7 Å². The van der Waals surface area contributed by atoms with E-state index in [1.165, 1.54) is 11.3 Å². The first-order chi connectivity index (χ1) is 12.6. The number of rotatable bonds is 6. The van der Waals surface area contributed by atoms with E-state index in [-0.39, 0.29) is 30.3 Å². The van der Waals surface area contributed by atoms with E-state index >= 15 is 0 Å². The van der Waals surface area contributed by atoms with Crippen LogP contribution in [0.25, 0.3) is 0 Å². The van der Waals surface area contributed by atoms with Crippen molar-refractivity contribution in [2.24, 2.45) is 11.7 Å². The molecule has 2 heterocycles. The molecular weight excluding hydrogens is 382 g/mol. The molecule has 146 valence electrons. The minimum Gasteiger partial charge on any atom is -0.339 e. The summed E-state index contributed by atoms with van der Waals surface area (Å²) in [5.74, 6) is 0.109. The molecule has 1 aromatic carbocycles. The van der Waals surface area contributed by atoms with Crippen LogP contribution in [0.2, 0.25) is 0 Å². The molecular formula is C20H26ClN3O2S. The fourth-order valence-corrected chi connectivity index (χ4v) is 4.13. The van der Waals surface area contributed by atoms with Crippen molar-refractivity contribution in [2.45, 2.75) is 31.8 Å². The Kier molecular flexibility index (Phi) is 7.83. The summed E-state index contributed by atoms with van der Waals surface area (Å²) in [5, 5.41) is 4.81. The van der Waals surface area contributed by atoms with E-state index in [2.05, 4.69) is 5.32 Å². The summed E-state index contributed by atoms with van der Waals surface area (Å²) >= 11 is 1.37. The molecule has 1 aliphatic rings. The first-order valence-electron chi connectivity index (χ1n) is 8.97. The molecule has 1 aliphatic heterocycles. The van der Waals surface area contributed by atoms with E-state index in [9.17, 15) is 9.59 Å².